The molecule has 1 aliphatic heterocycles. The summed E-state index contributed by atoms with van der Waals surface area (Å²) in [6, 6.07) is 14.3. The van der Waals surface area contributed by atoms with E-state index in [0.717, 1.165) is 5.69 Å². The molecule has 8 heteroatoms. The van der Waals surface area contributed by atoms with Crippen LogP contribution in [0.5, 0.6) is 0 Å². The van der Waals surface area contributed by atoms with Crippen molar-refractivity contribution in [1.29, 1.82) is 0 Å². The van der Waals surface area contributed by atoms with E-state index in [0.29, 0.717) is 67.1 Å². The molecule has 1 aliphatic carbocycles. The van der Waals surface area contributed by atoms with Gasteiger partial charge in [-0.1, -0.05) is 30.3 Å². The van der Waals surface area contributed by atoms with Crippen LogP contribution in [-0.2, 0) is 25.4 Å². The Morgan fingerprint density at radius 3 is 2.24 bits per heavy atom. The van der Waals surface area contributed by atoms with Crippen molar-refractivity contribution in [2.45, 2.75) is 31.4 Å². The zero-order valence-electron chi connectivity index (χ0n) is 18.1. The van der Waals surface area contributed by atoms with Gasteiger partial charge in [0.2, 0.25) is 10.0 Å². The number of hydrogen-bond donors (Lipinski definition) is 0. The van der Waals surface area contributed by atoms with Gasteiger partial charge in [0, 0.05) is 48.8 Å². The van der Waals surface area contributed by atoms with Crippen molar-refractivity contribution >= 4 is 44.5 Å². The van der Waals surface area contributed by atoms with E-state index in [1.165, 1.54) is 10.2 Å². The largest absolute Gasteiger partial charge is 0.371 e. The topological polar surface area (TPSA) is 93.5 Å². The predicted octanol–water partition coefficient (Wildman–Crippen LogP) is 3.35. The second kappa shape index (κ2) is 7.95. The molecular formula is C25H24N2O5S. The number of nitrogens with zero attached hydrogens (tertiary/aromatic N) is 2. The number of aromatic nitrogens is 1. The molecular weight excluding hydrogens is 440 g/mol. The number of ketones is 2. The van der Waals surface area contributed by atoms with Crippen LogP contribution in [-0.4, -0.2) is 43.3 Å². The molecule has 1 saturated heterocycles. The Balaban J connectivity index is 1.45. The highest BCUT2D eigenvalue weighted by atomic mass is 32.2. The lowest BCUT2D eigenvalue weighted by molar-refractivity contribution is -0.136. The van der Waals surface area contributed by atoms with Crippen molar-refractivity contribution in [3.05, 3.63) is 65.9 Å². The van der Waals surface area contributed by atoms with E-state index < -0.39 is 15.4 Å². The van der Waals surface area contributed by atoms with Gasteiger partial charge in [-0.3, -0.25) is 14.4 Å². The summed E-state index contributed by atoms with van der Waals surface area (Å²) in [7, 11) is -3.73. The van der Waals surface area contributed by atoms with E-state index in [1.54, 1.807) is 30.3 Å². The standard InChI is InChI=1S/C25H24N2O5S/c28-16-19-15-27(33(31,32)17-18-4-2-1-3-5-18)22-7-6-20(14-21(19)22)26-12-10-25(11-13-26)23(29)8-9-24(25)30/h1-7,14-16H,8-13,17H2. The number of Topliss-reactive ketones (excluding diaryl/α,β-unsaturated/α-hetero) is 2. The number of fused-ring (bicyclic) bond motifs is 1. The van der Waals surface area contributed by atoms with E-state index in [2.05, 4.69) is 4.90 Å². The molecule has 5 rings (SSSR count). The molecule has 3 aromatic rings. The zero-order valence-corrected chi connectivity index (χ0v) is 18.9. The second-order valence-electron chi connectivity index (χ2n) is 8.86. The predicted molar refractivity (Wildman–Crippen MR) is 125 cm³/mol. The molecule has 0 radical (unpaired) electrons. The number of hydrogen-bond acceptors (Lipinski definition) is 6. The molecule has 170 valence electrons. The summed E-state index contributed by atoms with van der Waals surface area (Å²) in [5, 5.41) is 0.562. The maximum atomic E-state index is 13.1. The lowest BCUT2D eigenvalue weighted by Gasteiger charge is -2.38. The summed E-state index contributed by atoms with van der Waals surface area (Å²) >= 11 is 0. The van der Waals surface area contributed by atoms with Crippen molar-refractivity contribution in [3.63, 3.8) is 0 Å². The van der Waals surface area contributed by atoms with Crippen LogP contribution in [0.25, 0.3) is 10.9 Å². The highest BCUT2D eigenvalue weighted by Gasteiger charge is 2.50. The molecule has 2 aromatic carbocycles. The summed E-state index contributed by atoms with van der Waals surface area (Å²) in [6.07, 6.45) is 3.73. The molecule has 2 aliphatic rings. The van der Waals surface area contributed by atoms with Gasteiger partial charge in [-0.05, 0) is 36.6 Å². The minimum absolute atomic E-state index is 0.0616. The van der Waals surface area contributed by atoms with Crippen molar-refractivity contribution in [2.75, 3.05) is 18.0 Å². The molecule has 33 heavy (non-hydrogen) atoms. The average Bonchev–Trinajstić information content (AvgIpc) is 3.33. The number of anilines is 1. The first-order chi connectivity index (χ1) is 15.8. The van der Waals surface area contributed by atoms with Gasteiger partial charge in [-0.2, -0.15) is 0 Å². The van der Waals surface area contributed by atoms with Gasteiger partial charge in [-0.15, -0.1) is 0 Å². The van der Waals surface area contributed by atoms with Crippen molar-refractivity contribution in [1.82, 2.24) is 3.97 Å². The molecule has 0 amide bonds. The maximum absolute atomic E-state index is 13.1. The fourth-order valence-electron chi connectivity index (χ4n) is 5.15. The fraction of sp³-hybridized carbons (Fsp3) is 0.320. The molecule has 1 saturated carbocycles. The van der Waals surface area contributed by atoms with Crippen LogP contribution in [0.3, 0.4) is 0 Å². The van der Waals surface area contributed by atoms with E-state index in [4.69, 9.17) is 0 Å². The first-order valence-electron chi connectivity index (χ1n) is 11.0. The Labute approximate surface area is 192 Å². The van der Waals surface area contributed by atoms with Crippen molar-refractivity contribution in [3.8, 4) is 0 Å². The van der Waals surface area contributed by atoms with Crippen molar-refractivity contribution in [2.24, 2.45) is 5.41 Å². The minimum Gasteiger partial charge on any atom is -0.371 e. The number of rotatable bonds is 5. The number of carbonyl (C=O) groups excluding carboxylic acids is 3. The molecule has 0 N–H and O–H groups in total. The van der Waals surface area contributed by atoms with E-state index in [-0.39, 0.29) is 17.3 Å². The third-order valence-corrected chi connectivity index (χ3v) is 8.63. The molecule has 7 nitrogen and oxygen atoms in total. The third kappa shape index (κ3) is 3.58. The molecule has 1 spiro atoms. The highest BCUT2D eigenvalue weighted by molar-refractivity contribution is 7.89. The highest BCUT2D eigenvalue weighted by Crippen LogP contribution is 2.42. The molecule has 2 fully saturated rings. The summed E-state index contributed by atoms with van der Waals surface area (Å²) in [6.45, 7) is 1.12. The van der Waals surface area contributed by atoms with Crippen LogP contribution < -0.4 is 4.90 Å². The van der Waals surface area contributed by atoms with Crippen LogP contribution in [0.15, 0.2) is 54.7 Å². The Bertz CT molecular complexity index is 1350. The molecule has 2 heterocycles. The molecule has 0 bridgehead atoms. The number of carbonyl (C=O) groups is 3. The second-order valence-corrected chi connectivity index (χ2v) is 10.7. The lowest BCUT2D eigenvalue weighted by Crippen LogP contribution is -2.45. The molecule has 0 unspecified atom stereocenters. The Morgan fingerprint density at radius 1 is 0.939 bits per heavy atom. The third-order valence-electron chi connectivity index (χ3n) is 7.03. The first kappa shape index (κ1) is 21.6. The lowest BCUT2D eigenvalue weighted by atomic mass is 9.75. The van der Waals surface area contributed by atoms with Gasteiger partial charge in [-0.25, -0.2) is 12.4 Å². The number of benzene rings is 2. The number of piperidine rings is 1. The van der Waals surface area contributed by atoms with Crippen LogP contribution in [0.1, 0.15) is 41.6 Å². The van der Waals surface area contributed by atoms with Crippen LogP contribution in [0.4, 0.5) is 5.69 Å². The summed E-state index contributed by atoms with van der Waals surface area (Å²) in [4.78, 5) is 38.5. The van der Waals surface area contributed by atoms with Gasteiger partial charge in [0.15, 0.2) is 6.29 Å². The molecule has 0 atom stereocenters. The van der Waals surface area contributed by atoms with E-state index in [9.17, 15) is 22.8 Å². The smallest absolute Gasteiger partial charge is 0.243 e. The SMILES string of the molecule is O=Cc1cn(S(=O)(=O)Cc2ccccc2)c2ccc(N3CCC4(CC3)C(=O)CCC4=O)cc12. The Kier molecular flexibility index (Phi) is 5.20. The van der Waals surface area contributed by atoms with E-state index in [1.807, 2.05) is 18.2 Å². The first-order valence-corrected chi connectivity index (χ1v) is 12.6. The van der Waals surface area contributed by atoms with Gasteiger partial charge < -0.3 is 4.90 Å². The van der Waals surface area contributed by atoms with Gasteiger partial charge in [0.25, 0.3) is 0 Å². The van der Waals surface area contributed by atoms with Crippen LogP contribution >= 0.6 is 0 Å². The zero-order chi connectivity index (χ0) is 23.2. The average molecular weight is 465 g/mol. The van der Waals surface area contributed by atoms with E-state index >= 15 is 0 Å². The minimum atomic E-state index is -3.73. The maximum Gasteiger partial charge on any atom is 0.243 e. The summed E-state index contributed by atoms with van der Waals surface area (Å²) in [5.74, 6) is -0.0495. The van der Waals surface area contributed by atoms with Crippen LogP contribution in [0.2, 0.25) is 0 Å². The Hall–Kier alpha value is -3.26. The monoisotopic (exact) mass is 464 g/mol. The fourth-order valence-corrected chi connectivity index (χ4v) is 6.64. The quantitative estimate of drug-likeness (QED) is 0.425. The van der Waals surface area contributed by atoms with Gasteiger partial charge in [0.1, 0.15) is 11.6 Å². The Morgan fingerprint density at radius 2 is 1.61 bits per heavy atom. The normalized spacial score (nSPS) is 18.4. The van der Waals surface area contributed by atoms with Gasteiger partial charge in [0.05, 0.1) is 16.7 Å². The molecule has 1 aromatic heterocycles. The summed E-state index contributed by atoms with van der Waals surface area (Å²) in [5.41, 5.74) is 1.45. The number of aldehydes is 1. The van der Waals surface area contributed by atoms with Crippen molar-refractivity contribution < 1.29 is 22.8 Å². The summed E-state index contributed by atoms with van der Waals surface area (Å²) < 4.78 is 27.4. The van der Waals surface area contributed by atoms with Crippen LogP contribution in [0, 0.1) is 5.41 Å². The van der Waals surface area contributed by atoms with Gasteiger partial charge >= 0.3 is 0 Å².